The monoisotopic (exact) mass is 324 g/mol. The number of amides is 1. The second-order valence-electron chi connectivity index (χ2n) is 7.12. The van der Waals surface area contributed by atoms with E-state index in [-0.39, 0.29) is 11.9 Å². The molecule has 1 aliphatic carbocycles. The van der Waals surface area contributed by atoms with Gasteiger partial charge in [-0.2, -0.15) is 5.10 Å². The molecular weight excluding hydrogens is 300 g/mol. The van der Waals surface area contributed by atoms with Crippen LogP contribution in [-0.2, 0) is 11.3 Å². The molecule has 1 saturated carbocycles. The van der Waals surface area contributed by atoms with Crippen molar-refractivity contribution in [1.29, 1.82) is 0 Å². The van der Waals surface area contributed by atoms with Gasteiger partial charge >= 0.3 is 0 Å². The van der Waals surface area contributed by atoms with Crippen LogP contribution in [0.2, 0.25) is 0 Å². The summed E-state index contributed by atoms with van der Waals surface area (Å²) in [5, 5.41) is 4.41. The zero-order valence-corrected chi connectivity index (χ0v) is 13.8. The summed E-state index contributed by atoms with van der Waals surface area (Å²) in [6, 6.07) is 10.4. The minimum atomic E-state index is 0.104. The Balaban J connectivity index is 1.51. The maximum atomic E-state index is 12.8. The Morgan fingerprint density at radius 3 is 2.79 bits per heavy atom. The fourth-order valence-electron chi connectivity index (χ4n) is 4.07. The van der Waals surface area contributed by atoms with Gasteiger partial charge in [0.05, 0.1) is 6.04 Å². The Morgan fingerprint density at radius 2 is 2.04 bits per heavy atom. The average molecular weight is 324 g/mol. The number of nitrogens with zero attached hydrogens (tertiary/aromatic N) is 3. The molecule has 0 bridgehead atoms. The lowest BCUT2D eigenvalue weighted by Crippen LogP contribution is -2.42. The molecule has 1 aromatic heterocycles. The number of fused-ring (bicyclic) bond motifs is 1. The fraction of sp³-hybridized carbons (Fsp3) is 0.474. The Hall–Kier alpha value is -2.14. The predicted molar refractivity (Wildman–Crippen MR) is 92.1 cm³/mol. The molecule has 0 spiro atoms. The van der Waals surface area contributed by atoms with E-state index in [9.17, 15) is 4.79 Å². The van der Waals surface area contributed by atoms with Crippen LogP contribution in [0.15, 0.2) is 42.7 Å². The second kappa shape index (κ2) is 6.40. The first-order valence-corrected chi connectivity index (χ1v) is 8.79. The van der Waals surface area contributed by atoms with Crippen LogP contribution in [0.1, 0.15) is 36.4 Å². The molecule has 2 aliphatic rings. The summed E-state index contributed by atoms with van der Waals surface area (Å²) in [4.78, 5) is 14.8. The highest BCUT2D eigenvalue weighted by Gasteiger charge is 2.34. The van der Waals surface area contributed by atoms with Crippen molar-refractivity contribution in [2.24, 2.45) is 17.6 Å². The van der Waals surface area contributed by atoms with Gasteiger partial charge in [0.25, 0.3) is 0 Å². The molecule has 1 atom stereocenters. The maximum Gasteiger partial charge on any atom is 0.223 e. The van der Waals surface area contributed by atoms with Crippen molar-refractivity contribution in [3.8, 4) is 0 Å². The topological polar surface area (TPSA) is 64.2 Å². The quantitative estimate of drug-likeness (QED) is 0.937. The minimum Gasteiger partial charge on any atom is -0.336 e. The van der Waals surface area contributed by atoms with Crippen LogP contribution >= 0.6 is 0 Å². The molecule has 5 nitrogen and oxygen atoms in total. The van der Waals surface area contributed by atoms with Gasteiger partial charge in [0.15, 0.2) is 0 Å². The van der Waals surface area contributed by atoms with E-state index < -0.39 is 0 Å². The Morgan fingerprint density at radius 1 is 1.21 bits per heavy atom. The van der Waals surface area contributed by atoms with E-state index in [0.29, 0.717) is 31.3 Å². The lowest BCUT2D eigenvalue weighted by atomic mass is 9.73. The Labute approximate surface area is 142 Å². The van der Waals surface area contributed by atoms with Gasteiger partial charge in [0, 0.05) is 31.9 Å². The van der Waals surface area contributed by atoms with Gasteiger partial charge in [-0.25, -0.2) is 0 Å². The lowest BCUT2D eigenvalue weighted by Gasteiger charge is -2.38. The van der Waals surface area contributed by atoms with Crippen LogP contribution in [0.3, 0.4) is 0 Å². The third-order valence-electron chi connectivity index (χ3n) is 5.50. The molecule has 24 heavy (non-hydrogen) atoms. The Kier molecular flexibility index (Phi) is 4.10. The predicted octanol–water partition coefficient (Wildman–Crippen LogP) is 2.19. The SMILES string of the molecule is NCC1CC(CC(=O)N2Cc3ccccc3C(n3cccn3)C2)C1. The number of carbonyl (C=O) groups excluding carboxylic acids is 1. The van der Waals surface area contributed by atoms with Crippen molar-refractivity contribution in [2.75, 3.05) is 13.1 Å². The molecule has 126 valence electrons. The normalized spacial score (nSPS) is 25.9. The molecule has 4 rings (SSSR count). The van der Waals surface area contributed by atoms with Gasteiger partial charge in [0.2, 0.25) is 5.91 Å². The van der Waals surface area contributed by atoms with Crippen molar-refractivity contribution in [3.63, 3.8) is 0 Å². The average Bonchev–Trinajstić information content (AvgIpc) is 3.10. The second-order valence-corrected chi connectivity index (χ2v) is 7.12. The molecule has 2 aromatic rings. The van der Waals surface area contributed by atoms with E-state index in [1.807, 2.05) is 27.9 Å². The first kappa shape index (κ1) is 15.4. The zero-order chi connectivity index (χ0) is 16.5. The molecule has 1 aliphatic heterocycles. The molecule has 1 amide bonds. The number of carbonyl (C=O) groups is 1. The van der Waals surface area contributed by atoms with Crippen LogP contribution in [0.25, 0.3) is 0 Å². The summed E-state index contributed by atoms with van der Waals surface area (Å²) >= 11 is 0. The number of aromatic nitrogens is 2. The van der Waals surface area contributed by atoms with Gasteiger partial charge in [-0.05, 0) is 48.4 Å². The summed E-state index contributed by atoms with van der Waals surface area (Å²) in [6.07, 6.45) is 6.65. The summed E-state index contributed by atoms with van der Waals surface area (Å²) in [5.74, 6) is 1.41. The summed E-state index contributed by atoms with van der Waals surface area (Å²) in [7, 11) is 0. The van der Waals surface area contributed by atoms with Crippen LogP contribution < -0.4 is 5.73 Å². The highest BCUT2D eigenvalue weighted by atomic mass is 16.2. The number of hydrogen-bond acceptors (Lipinski definition) is 3. The molecule has 2 heterocycles. The smallest absolute Gasteiger partial charge is 0.223 e. The van der Waals surface area contributed by atoms with Gasteiger partial charge in [-0.1, -0.05) is 24.3 Å². The fourth-order valence-corrected chi connectivity index (χ4v) is 4.07. The van der Waals surface area contributed by atoms with Crippen LogP contribution in [0.4, 0.5) is 0 Å². The molecule has 1 unspecified atom stereocenters. The molecule has 2 N–H and O–H groups in total. The van der Waals surface area contributed by atoms with Gasteiger partial charge in [-0.3, -0.25) is 9.48 Å². The molecule has 0 radical (unpaired) electrons. The third kappa shape index (κ3) is 2.84. The van der Waals surface area contributed by atoms with Crippen molar-refractivity contribution in [3.05, 3.63) is 53.9 Å². The zero-order valence-electron chi connectivity index (χ0n) is 13.8. The van der Waals surface area contributed by atoms with Gasteiger partial charge in [0.1, 0.15) is 0 Å². The van der Waals surface area contributed by atoms with E-state index >= 15 is 0 Å². The van der Waals surface area contributed by atoms with E-state index in [2.05, 4.69) is 23.3 Å². The van der Waals surface area contributed by atoms with Gasteiger partial charge in [-0.15, -0.1) is 0 Å². The van der Waals surface area contributed by atoms with Crippen molar-refractivity contribution >= 4 is 5.91 Å². The first-order chi connectivity index (χ1) is 11.7. The molecule has 1 fully saturated rings. The van der Waals surface area contributed by atoms with E-state index in [1.165, 1.54) is 11.1 Å². The largest absolute Gasteiger partial charge is 0.336 e. The molecule has 1 aromatic carbocycles. The third-order valence-corrected chi connectivity index (χ3v) is 5.50. The van der Waals surface area contributed by atoms with E-state index in [4.69, 9.17) is 5.73 Å². The Bertz CT molecular complexity index is 706. The van der Waals surface area contributed by atoms with E-state index in [0.717, 1.165) is 19.4 Å². The summed E-state index contributed by atoms with van der Waals surface area (Å²) < 4.78 is 1.96. The summed E-state index contributed by atoms with van der Waals surface area (Å²) in [5.41, 5.74) is 8.19. The summed E-state index contributed by atoms with van der Waals surface area (Å²) in [6.45, 7) is 2.16. The first-order valence-electron chi connectivity index (χ1n) is 8.79. The number of benzene rings is 1. The van der Waals surface area contributed by atoms with Gasteiger partial charge < -0.3 is 10.6 Å². The number of hydrogen-bond donors (Lipinski definition) is 1. The van der Waals surface area contributed by atoms with Crippen LogP contribution in [0, 0.1) is 11.8 Å². The highest BCUT2D eigenvalue weighted by molar-refractivity contribution is 5.77. The molecular formula is C19H24N4O. The van der Waals surface area contributed by atoms with Crippen LogP contribution in [-0.4, -0.2) is 33.7 Å². The van der Waals surface area contributed by atoms with Crippen LogP contribution in [0.5, 0.6) is 0 Å². The molecule has 0 saturated heterocycles. The lowest BCUT2D eigenvalue weighted by molar-refractivity contribution is -0.134. The molecule has 5 heteroatoms. The minimum absolute atomic E-state index is 0.104. The highest BCUT2D eigenvalue weighted by Crippen LogP contribution is 2.36. The van der Waals surface area contributed by atoms with E-state index in [1.54, 1.807) is 6.20 Å². The number of nitrogens with two attached hydrogens (primary N) is 1. The van der Waals surface area contributed by atoms with Crippen molar-refractivity contribution in [2.45, 2.75) is 31.8 Å². The van der Waals surface area contributed by atoms with Crippen molar-refractivity contribution in [1.82, 2.24) is 14.7 Å². The standard InChI is InChI=1S/C19H24N4O/c20-11-15-8-14(9-15)10-19(24)22-12-16-4-1-2-5-17(16)18(13-22)23-7-3-6-21-23/h1-7,14-15,18H,8-13,20H2. The maximum absolute atomic E-state index is 12.8. The van der Waals surface area contributed by atoms with Crippen molar-refractivity contribution < 1.29 is 4.79 Å². The number of rotatable bonds is 4.